The largest absolute Gasteiger partial charge is 0.464 e. The molecule has 0 saturated carbocycles. The third kappa shape index (κ3) is 8.03. The summed E-state index contributed by atoms with van der Waals surface area (Å²) in [5.41, 5.74) is 0.498. The van der Waals surface area contributed by atoms with Gasteiger partial charge in [0.25, 0.3) is 0 Å². The molecule has 25 heavy (non-hydrogen) atoms. The van der Waals surface area contributed by atoms with Crippen molar-refractivity contribution < 1.29 is 23.9 Å². The van der Waals surface area contributed by atoms with Gasteiger partial charge >= 0.3 is 12.1 Å². The third-order valence-corrected chi connectivity index (χ3v) is 3.67. The summed E-state index contributed by atoms with van der Waals surface area (Å²) in [6.07, 6.45) is 1.16. The van der Waals surface area contributed by atoms with E-state index in [4.69, 9.17) is 21.1 Å². The Morgan fingerprint density at radius 3 is 2.40 bits per heavy atom. The minimum absolute atomic E-state index is 0.0837. The summed E-state index contributed by atoms with van der Waals surface area (Å²) in [6.45, 7) is 4.12. The zero-order valence-electron chi connectivity index (χ0n) is 14.5. The summed E-state index contributed by atoms with van der Waals surface area (Å²) < 4.78 is 9.93. The van der Waals surface area contributed by atoms with Crippen LogP contribution in [-0.2, 0) is 14.3 Å². The molecule has 1 rings (SSSR count). The van der Waals surface area contributed by atoms with Crippen LogP contribution in [0.4, 0.5) is 4.79 Å². The highest BCUT2D eigenvalue weighted by molar-refractivity contribution is 6.30. The highest BCUT2D eigenvalue weighted by Gasteiger charge is 2.24. The van der Waals surface area contributed by atoms with Crippen molar-refractivity contribution in [3.05, 3.63) is 34.9 Å². The van der Waals surface area contributed by atoms with Crippen LogP contribution >= 0.6 is 11.6 Å². The molecular weight excluding hydrogens is 346 g/mol. The van der Waals surface area contributed by atoms with Gasteiger partial charge < -0.3 is 14.8 Å². The second kappa shape index (κ2) is 11.5. The van der Waals surface area contributed by atoms with Gasteiger partial charge in [-0.05, 0) is 44.0 Å². The van der Waals surface area contributed by atoms with E-state index >= 15 is 0 Å². The first-order chi connectivity index (χ1) is 12.0. The zero-order valence-corrected chi connectivity index (χ0v) is 15.3. The van der Waals surface area contributed by atoms with Crippen LogP contribution in [0, 0.1) is 0 Å². The number of amides is 1. The van der Waals surface area contributed by atoms with Crippen LogP contribution in [0.5, 0.6) is 0 Å². The molecule has 1 aromatic rings. The van der Waals surface area contributed by atoms with Gasteiger partial charge in [0.05, 0.1) is 13.2 Å². The highest BCUT2D eigenvalue weighted by Crippen LogP contribution is 2.13. The number of nitrogens with one attached hydrogen (secondary N) is 1. The Morgan fingerprint density at radius 1 is 1.12 bits per heavy atom. The molecular formula is C18H24ClNO5. The van der Waals surface area contributed by atoms with Crippen LogP contribution in [0.3, 0.4) is 0 Å². The van der Waals surface area contributed by atoms with E-state index in [1.54, 1.807) is 31.2 Å². The number of ether oxygens (including phenoxy) is 2. The first-order valence-corrected chi connectivity index (χ1v) is 8.74. The van der Waals surface area contributed by atoms with Crippen LogP contribution in [0.2, 0.25) is 5.02 Å². The summed E-state index contributed by atoms with van der Waals surface area (Å²) in [4.78, 5) is 35.9. The van der Waals surface area contributed by atoms with Gasteiger partial charge in [0, 0.05) is 17.0 Å². The molecule has 0 fully saturated rings. The highest BCUT2D eigenvalue weighted by atomic mass is 35.5. The molecule has 0 aliphatic heterocycles. The molecule has 0 aliphatic carbocycles. The monoisotopic (exact) mass is 369 g/mol. The van der Waals surface area contributed by atoms with Gasteiger partial charge in [-0.2, -0.15) is 0 Å². The van der Waals surface area contributed by atoms with Crippen molar-refractivity contribution in [1.82, 2.24) is 5.32 Å². The Labute approximate surface area is 152 Å². The van der Waals surface area contributed by atoms with Crippen molar-refractivity contribution >= 4 is 29.4 Å². The van der Waals surface area contributed by atoms with Gasteiger partial charge in [-0.25, -0.2) is 9.59 Å². The Hall–Kier alpha value is -2.08. The fourth-order valence-electron chi connectivity index (χ4n) is 2.04. The molecule has 0 spiro atoms. The molecule has 138 valence electrons. The number of ketones is 1. The molecule has 0 radical (unpaired) electrons. The van der Waals surface area contributed by atoms with E-state index in [0.717, 1.165) is 12.8 Å². The van der Waals surface area contributed by atoms with E-state index in [9.17, 15) is 14.4 Å². The molecule has 0 aromatic heterocycles. The van der Waals surface area contributed by atoms with E-state index < -0.39 is 18.1 Å². The maximum absolute atomic E-state index is 12.2. The van der Waals surface area contributed by atoms with Gasteiger partial charge in [-0.15, -0.1) is 0 Å². The van der Waals surface area contributed by atoms with E-state index in [-0.39, 0.29) is 31.8 Å². The van der Waals surface area contributed by atoms with Crippen molar-refractivity contribution in [3.8, 4) is 0 Å². The van der Waals surface area contributed by atoms with Crippen molar-refractivity contribution in [3.63, 3.8) is 0 Å². The van der Waals surface area contributed by atoms with Gasteiger partial charge in [-0.1, -0.05) is 24.9 Å². The molecule has 0 bridgehead atoms. The van der Waals surface area contributed by atoms with Crippen molar-refractivity contribution in [2.75, 3.05) is 13.2 Å². The lowest BCUT2D eigenvalue weighted by Gasteiger charge is -2.17. The normalized spacial score (nSPS) is 11.5. The number of hydrogen-bond acceptors (Lipinski definition) is 5. The number of Topliss-reactive ketones (excluding diaryl/α,β-unsaturated/α-hetero) is 1. The number of carbonyl (C=O) groups is 3. The van der Waals surface area contributed by atoms with Crippen molar-refractivity contribution in [2.45, 2.75) is 45.6 Å². The van der Waals surface area contributed by atoms with Crippen LogP contribution in [0.1, 0.15) is 49.9 Å². The average Bonchev–Trinajstić information content (AvgIpc) is 2.59. The number of carbonyl (C=O) groups excluding carboxylic acids is 3. The van der Waals surface area contributed by atoms with Gasteiger partial charge in [0.2, 0.25) is 0 Å². The molecule has 1 aromatic carbocycles. The molecule has 0 aliphatic rings. The number of rotatable bonds is 10. The molecule has 0 heterocycles. The predicted octanol–water partition coefficient (Wildman–Crippen LogP) is 3.76. The smallest absolute Gasteiger partial charge is 0.407 e. The number of esters is 1. The molecule has 1 N–H and O–H groups in total. The number of benzene rings is 1. The zero-order chi connectivity index (χ0) is 18.7. The molecule has 7 heteroatoms. The lowest BCUT2D eigenvalue weighted by atomic mass is 10.0. The lowest BCUT2D eigenvalue weighted by molar-refractivity contribution is -0.145. The van der Waals surface area contributed by atoms with Crippen LogP contribution < -0.4 is 5.32 Å². The molecule has 1 amide bonds. The minimum Gasteiger partial charge on any atom is -0.464 e. The van der Waals surface area contributed by atoms with Crippen LogP contribution in [-0.4, -0.2) is 37.1 Å². The number of alkyl carbamates (subject to hydrolysis) is 1. The van der Waals surface area contributed by atoms with Crippen molar-refractivity contribution in [2.24, 2.45) is 0 Å². The molecule has 0 saturated heterocycles. The number of hydrogen-bond donors (Lipinski definition) is 1. The van der Waals surface area contributed by atoms with Gasteiger partial charge in [0.15, 0.2) is 5.78 Å². The van der Waals surface area contributed by atoms with E-state index in [0.29, 0.717) is 10.6 Å². The van der Waals surface area contributed by atoms with E-state index in [1.807, 2.05) is 6.92 Å². The summed E-state index contributed by atoms with van der Waals surface area (Å²) in [7, 11) is 0. The lowest BCUT2D eigenvalue weighted by Crippen LogP contribution is -2.42. The summed E-state index contributed by atoms with van der Waals surface area (Å²) in [5.74, 6) is -0.731. The van der Waals surface area contributed by atoms with E-state index in [1.165, 1.54) is 0 Å². The Bertz CT molecular complexity index is 573. The average molecular weight is 370 g/mol. The predicted molar refractivity (Wildman–Crippen MR) is 94.8 cm³/mol. The standard InChI is InChI=1S/C18H24ClNO5/c1-3-5-12-25-18(23)20-15(17(22)24-4-2)10-11-16(21)13-6-8-14(19)9-7-13/h6-9,15H,3-5,10-12H2,1-2H3,(H,20,23). The topological polar surface area (TPSA) is 81.7 Å². The SMILES string of the molecule is CCCCOC(=O)NC(CCC(=O)c1ccc(Cl)cc1)C(=O)OCC. The van der Waals surface area contributed by atoms with Crippen LogP contribution in [0.15, 0.2) is 24.3 Å². The summed E-state index contributed by atoms with van der Waals surface area (Å²) >= 11 is 5.80. The Kier molecular flexibility index (Phi) is 9.62. The first-order valence-electron chi connectivity index (χ1n) is 8.36. The fourth-order valence-corrected chi connectivity index (χ4v) is 2.17. The second-order valence-electron chi connectivity index (χ2n) is 5.41. The Balaban J connectivity index is 2.60. The second-order valence-corrected chi connectivity index (χ2v) is 5.84. The third-order valence-electron chi connectivity index (χ3n) is 3.42. The van der Waals surface area contributed by atoms with E-state index in [2.05, 4.69) is 5.32 Å². The number of halogens is 1. The minimum atomic E-state index is -0.926. The Morgan fingerprint density at radius 2 is 1.80 bits per heavy atom. The molecule has 6 nitrogen and oxygen atoms in total. The maximum Gasteiger partial charge on any atom is 0.407 e. The quantitative estimate of drug-likeness (QED) is 0.386. The van der Waals surface area contributed by atoms with Crippen molar-refractivity contribution in [1.29, 1.82) is 0 Å². The fraction of sp³-hybridized carbons (Fsp3) is 0.500. The first kappa shape index (κ1) is 21.0. The van der Waals surface area contributed by atoms with Gasteiger partial charge in [-0.3, -0.25) is 4.79 Å². The van der Waals surface area contributed by atoms with Crippen LogP contribution in [0.25, 0.3) is 0 Å². The molecule has 1 atom stereocenters. The summed E-state index contributed by atoms with van der Waals surface area (Å²) in [5, 5.41) is 3.01. The number of unbranched alkanes of at least 4 members (excludes halogenated alkanes) is 1. The van der Waals surface area contributed by atoms with Gasteiger partial charge in [0.1, 0.15) is 6.04 Å². The summed E-state index contributed by atoms with van der Waals surface area (Å²) in [6, 6.07) is 5.57. The molecule has 1 unspecified atom stereocenters. The maximum atomic E-state index is 12.2.